The zero-order valence-corrected chi connectivity index (χ0v) is 11.2. The molecule has 0 spiro atoms. The third-order valence-electron chi connectivity index (χ3n) is 4.03. The second-order valence-corrected chi connectivity index (χ2v) is 5.73. The van der Waals surface area contributed by atoms with Crippen molar-refractivity contribution in [3.05, 3.63) is 42.0 Å². The van der Waals surface area contributed by atoms with Gasteiger partial charge in [0.25, 0.3) is 0 Å². The first-order valence-electron chi connectivity index (χ1n) is 6.51. The van der Waals surface area contributed by atoms with Crippen molar-refractivity contribution in [1.29, 1.82) is 0 Å². The van der Waals surface area contributed by atoms with Crippen LogP contribution >= 0.6 is 0 Å². The van der Waals surface area contributed by atoms with Crippen molar-refractivity contribution in [1.82, 2.24) is 5.32 Å². The van der Waals surface area contributed by atoms with E-state index in [1.165, 1.54) is 24.0 Å². The van der Waals surface area contributed by atoms with Crippen molar-refractivity contribution in [2.45, 2.75) is 45.1 Å². The molecule has 1 fully saturated rings. The maximum absolute atomic E-state index is 4.03. The van der Waals surface area contributed by atoms with Crippen molar-refractivity contribution >= 4 is 5.57 Å². The van der Waals surface area contributed by atoms with Crippen LogP contribution < -0.4 is 5.32 Å². The van der Waals surface area contributed by atoms with Crippen molar-refractivity contribution in [3.8, 4) is 0 Å². The Balaban J connectivity index is 2.31. The van der Waals surface area contributed by atoms with E-state index >= 15 is 0 Å². The van der Waals surface area contributed by atoms with Crippen LogP contribution in [0, 0.1) is 0 Å². The fraction of sp³-hybridized carbons (Fsp3) is 0.500. The van der Waals surface area contributed by atoms with Gasteiger partial charge in [0, 0.05) is 11.5 Å². The lowest BCUT2D eigenvalue weighted by atomic mass is 9.76. The molecule has 1 aromatic rings. The lowest BCUT2D eigenvalue weighted by Crippen LogP contribution is -2.40. The standard InChI is InChI=1S/C16H23N/c1-12(2)13-7-5-8-14(11-13)16(3,4)15-9-6-10-17-15/h5,7-8,11,15,17H,1,6,9-10H2,2-4H3. The Morgan fingerprint density at radius 3 is 2.76 bits per heavy atom. The van der Waals surface area contributed by atoms with Crippen molar-refractivity contribution in [2.24, 2.45) is 0 Å². The van der Waals surface area contributed by atoms with Gasteiger partial charge in [-0.15, -0.1) is 0 Å². The molecule has 1 atom stereocenters. The van der Waals surface area contributed by atoms with Gasteiger partial charge in [0.05, 0.1) is 0 Å². The highest BCUT2D eigenvalue weighted by Gasteiger charge is 2.33. The van der Waals surface area contributed by atoms with Crippen LogP contribution in [-0.2, 0) is 5.41 Å². The third kappa shape index (κ3) is 2.44. The highest BCUT2D eigenvalue weighted by molar-refractivity contribution is 5.62. The van der Waals surface area contributed by atoms with E-state index in [0.29, 0.717) is 6.04 Å². The number of benzene rings is 1. The van der Waals surface area contributed by atoms with E-state index in [1.807, 2.05) is 0 Å². The fourth-order valence-electron chi connectivity index (χ4n) is 2.69. The quantitative estimate of drug-likeness (QED) is 0.832. The summed E-state index contributed by atoms with van der Waals surface area (Å²) < 4.78 is 0. The number of hydrogen-bond acceptors (Lipinski definition) is 1. The summed E-state index contributed by atoms with van der Waals surface area (Å²) in [4.78, 5) is 0. The maximum atomic E-state index is 4.03. The lowest BCUT2D eigenvalue weighted by molar-refractivity contribution is 0.377. The molecule has 0 aromatic heterocycles. The first kappa shape index (κ1) is 12.4. The van der Waals surface area contributed by atoms with Crippen molar-refractivity contribution in [2.75, 3.05) is 6.54 Å². The number of rotatable bonds is 3. The molecule has 1 heteroatoms. The van der Waals surface area contributed by atoms with Gasteiger partial charge in [0.2, 0.25) is 0 Å². The van der Waals surface area contributed by atoms with E-state index in [0.717, 1.165) is 12.1 Å². The summed E-state index contributed by atoms with van der Waals surface area (Å²) in [5.74, 6) is 0. The number of hydrogen-bond donors (Lipinski definition) is 1. The monoisotopic (exact) mass is 229 g/mol. The Bertz CT molecular complexity index is 411. The van der Waals surface area contributed by atoms with Crippen LogP contribution in [0.3, 0.4) is 0 Å². The van der Waals surface area contributed by atoms with Gasteiger partial charge in [0.15, 0.2) is 0 Å². The molecule has 1 aromatic carbocycles. The average Bonchev–Trinajstić information content (AvgIpc) is 2.83. The molecule has 0 radical (unpaired) electrons. The highest BCUT2D eigenvalue weighted by Crippen LogP contribution is 2.32. The Morgan fingerprint density at radius 1 is 1.41 bits per heavy atom. The first-order chi connectivity index (χ1) is 8.01. The highest BCUT2D eigenvalue weighted by atomic mass is 15.0. The summed E-state index contributed by atoms with van der Waals surface area (Å²) in [6, 6.07) is 9.43. The van der Waals surface area contributed by atoms with Crippen LogP contribution in [0.4, 0.5) is 0 Å². The van der Waals surface area contributed by atoms with E-state index in [9.17, 15) is 0 Å². The van der Waals surface area contributed by atoms with Gasteiger partial charge < -0.3 is 5.32 Å². The molecule has 2 rings (SSSR count). The summed E-state index contributed by atoms with van der Waals surface area (Å²) >= 11 is 0. The molecule has 1 aliphatic heterocycles. The van der Waals surface area contributed by atoms with Crippen LogP contribution in [0.15, 0.2) is 30.8 Å². The molecular formula is C16H23N. The van der Waals surface area contributed by atoms with Gasteiger partial charge in [-0.2, -0.15) is 0 Å². The zero-order valence-electron chi connectivity index (χ0n) is 11.2. The zero-order chi connectivity index (χ0) is 12.5. The van der Waals surface area contributed by atoms with Crippen LogP contribution in [0.1, 0.15) is 44.7 Å². The molecule has 0 amide bonds. The number of nitrogens with one attached hydrogen (secondary N) is 1. The Morgan fingerprint density at radius 2 is 2.18 bits per heavy atom. The predicted molar refractivity (Wildman–Crippen MR) is 75.2 cm³/mol. The Labute approximate surface area is 105 Å². The smallest absolute Gasteiger partial charge is 0.0159 e. The minimum atomic E-state index is 0.196. The van der Waals surface area contributed by atoms with Crippen LogP contribution in [-0.4, -0.2) is 12.6 Å². The molecule has 1 saturated heterocycles. The molecule has 1 nitrogen and oxygen atoms in total. The van der Waals surface area contributed by atoms with Crippen molar-refractivity contribution < 1.29 is 0 Å². The summed E-state index contributed by atoms with van der Waals surface area (Å²) in [5, 5.41) is 3.62. The molecular weight excluding hydrogens is 206 g/mol. The van der Waals surface area contributed by atoms with Crippen LogP contribution in [0.25, 0.3) is 5.57 Å². The maximum Gasteiger partial charge on any atom is 0.0159 e. The normalized spacial score (nSPS) is 20.5. The second-order valence-electron chi connectivity index (χ2n) is 5.73. The molecule has 1 N–H and O–H groups in total. The lowest BCUT2D eigenvalue weighted by Gasteiger charge is -2.32. The molecule has 1 heterocycles. The third-order valence-corrected chi connectivity index (χ3v) is 4.03. The van der Waals surface area contributed by atoms with E-state index in [-0.39, 0.29) is 5.41 Å². The fourth-order valence-corrected chi connectivity index (χ4v) is 2.69. The average molecular weight is 229 g/mol. The SMILES string of the molecule is C=C(C)c1cccc(C(C)(C)C2CCCN2)c1. The molecule has 1 unspecified atom stereocenters. The van der Waals surface area contributed by atoms with E-state index in [1.54, 1.807) is 0 Å². The first-order valence-corrected chi connectivity index (χ1v) is 6.51. The number of allylic oxidation sites excluding steroid dienone is 1. The predicted octanol–water partition coefficient (Wildman–Crippen LogP) is 3.75. The molecule has 92 valence electrons. The van der Waals surface area contributed by atoms with E-state index in [4.69, 9.17) is 0 Å². The van der Waals surface area contributed by atoms with Crippen LogP contribution in [0.2, 0.25) is 0 Å². The van der Waals surface area contributed by atoms with Gasteiger partial charge in [-0.3, -0.25) is 0 Å². The van der Waals surface area contributed by atoms with E-state index < -0.39 is 0 Å². The molecule has 0 aliphatic carbocycles. The summed E-state index contributed by atoms with van der Waals surface area (Å²) in [6.45, 7) is 11.9. The second kappa shape index (κ2) is 4.66. The summed E-state index contributed by atoms with van der Waals surface area (Å²) in [7, 11) is 0. The van der Waals surface area contributed by atoms with Crippen molar-refractivity contribution in [3.63, 3.8) is 0 Å². The molecule has 17 heavy (non-hydrogen) atoms. The minimum Gasteiger partial charge on any atom is -0.313 e. The Kier molecular flexibility index (Phi) is 3.39. The van der Waals surface area contributed by atoms with Gasteiger partial charge in [-0.05, 0) is 37.4 Å². The van der Waals surface area contributed by atoms with Crippen LogP contribution in [0.5, 0.6) is 0 Å². The van der Waals surface area contributed by atoms with Gasteiger partial charge in [-0.1, -0.05) is 50.3 Å². The van der Waals surface area contributed by atoms with Gasteiger partial charge in [-0.25, -0.2) is 0 Å². The van der Waals surface area contributed by atoms with E-state index in [2.05, 4.69) is 56.9 Å². The largest absolute Gasteiger partial charge is 0.313 e. The van der Waals surface area contributed by atoms with Gasteiger partial charge >= 0.3 is 0 Å². The summed E-state index contributed by atoms with van der Waals surface area (Å²) in [6.07, 6.45) is 2.58. The molecule has 0 saturated carbocycles. The summed E-state index contributed by atoms with van der Waals surface area (Å²) in [5.41, 5.74) is 4.01. The topological polar surface area (TPSA) is 12.0 Å². The molecule has 1 aliphatic rings. The van der Waals surface area contributed by atoms with Gasteiger partial charge in [0.1, 0.15) is 0 Å². The Hall–Kier alpha value is -1.08. The molecule has 0 bridgehead atoms. The minimum absolute atomic E-state index is 0.196.